The van der Waals surface area contributed by atoms with Gasteiger partial charge in [0, 0.05) is 6.26 Å². The van der Waals surface area contributed by atoms with Crippen LogP contribution in [-0.4, -0.2) is 31.4 Å². The van der Waals surface area contributed by atoms with Gasteiger partial charge in [-0.3, -0.25) is 14.5 Å². The predicted octanol–water partition coefficient (Wildman–Crippen LogP) is 2.03. The summed E-state index contributed by atoms with van der Waals surface area (Å²) in [5, 5.41) is 0. The molecule has 1 aliphatic rings. The summed E-state index contributed by atoms with van der Waals surface area (Å²) in [5.41, 5.74) is 0.959. The molecule has 0 N–H and O–H groups in total. The Bertz CT molecular complexity index is 902. The minimum atomic E-state index is -3.67. The number of sulfone groups is 1. The number of carbonyl (C=O) groups is 2. The first kappa shape index (κ1) is 15.4. The monoisotopic (exact) mass is 333 g/mol. The first-order chi connectivity index (χ1) is 10.8. The van der Waals surface area contributed by atoms with E-state index in [-0.39, 0.29) is 6.54 Å². The smallest absolute Gasteiger partial charge is 0.261 e. The summed E-state index contributed by atoms with van der Waals surface area (Å²) < 4.78 is 36.7. The maximum atomic E-state index is 13.9. The van der Waals surface area contributed by atoms with Gasteiger partial charge in [0.05, 0.1) is 17.7 Å². The van der Waals surface area contributed by atoms with Crippen LogP contribution >= 0.6 is 0 Å². The average molecular weight is 333 g/mol. The molecule has 1 heterocycles. The maximum Gasteiger partial charge on any atom is 0.261 e. The molecule has 2 aromatic rings. The molecule has 2 aromatic carbocycles. The number of benzene rings is 2. The molecule has 118 valence electrons. The number of halogens is 1. The topological polar surface area (TPSA) is 71.5 Å². The molecule has 0 aromatic heterocycles. The molecule has 1 aliphatic heterocycles. The standard InChI is InChI=1S/C16H12FNO4S/c1-23(21,22)14-7-6-10(8-13(14)17)9-18-15(19)11-4-2-3-5-12(11)16(18)20/h2-8H,9H2,1H3. The second-order valence-corrected chi connectivity index (χ2v) is 7.26. The lowest BCUT2D eigenvalue weighted by atomic mass is 10.1. The van der Waals surface area contributed by atoms with Gasteiger partial charge in [0.25, 0.3) is 11.8 Å². The summed E-state index contributed by atoms with van der Waals surface area (Å²) >= 11 is 0. The Labute approximate surface area is 132 Å². The van der Waals surface area contributed by atoms with Crippen LogP contribution in [0.2, 0.25) is 0 Å². The number of rotatable bonds is 3. The Hall–Kier alpha value is -2.54. The van der Waals surface area contributed by atoms with E-state index in [1.807, 2.05) is 0 Å². The second kappa shape index (κ2) is 5.27. The highest BCUT2D eigenvalue weighted by molar-refractivity contribution is 7.90. The SMILES string of the molecule is CS(=O)(=O)c1ccc(CN2C(=O)c3ccccc3C2=O)cc1F. The van der Waals surface area contributed by atoms with Crippen LogP contribution in [0.25, 0.3) is 0 Å². The second-order valence-electron chi connectivity index (χ2n) is 5.28. The van der Waals surface area contributed by atoms with E-state index in [0.717, 1.165) is 23.3 Å². The molecule has 0 unspecified atom stereocenters. The zero-order chi connectivity index (χ0) is 16.8. The number of hydrogen-bond donors (Lipinski definition) is 0. The molecular weight excluding hydrogens is 321 g/mol. The highest BCUT2D eigenvalue weighted by Crippen LogP contribution is 2.25. The fourth-order valence-electron chi connectivity index (χ4n) is 2.51. The lowest BCUT2D eigenvalue weighted by Gasteiger charge is -2.14. The van der Waals surface area contributed by atoms with Crippen molar-refractivity contribution in [3.63, 3.8) is 0 Å². The van der Waals surface area contributed by atoms with E-state index in [9.17, 15) is 22.4 Å². The lowest BCUT2D eigenvalue weighted by Crippen LogP contribution is -2.29. The van der Waals surface area contributed by atoms with Gasteiger partial charge in [-0.05, 0) is 29.8 Å². The number of fused-ring (bicyclic) bond motifs is 1. The van der Waals surface area contributed by atoms with Crippen LogP contribution in [0.3, 0.4) is 0 Å². The maximum absolute atomic E-state index is 13.9. The molecule has 0 saturated carbocycles. The molecule has 3 rings (SSSR count). The third kappa shape index (κ3) is 2.63. The van der Waals surface area contributed by atoms with Crippen molar-refractivity contribution in [3.8, 4) is 0 Å². The van der Waals surface area contributed by atoms with E-state index in [1.165, 1.54) is 6.07 Å². The largest absolute Gasteiger partial charge is 0.270 e. The molecule has 2 amide bonds. The number of imide groups is 1. The molecule has 0 atom stereocenters. The van der Waals surface area contributed by atoms with Crippen LogP contribution in [0.4, 0.5) is 4.39 Å². The lowest BCUT2D eigenvalue weighted by molar-refractivity contribution is 0.0642. The fourth-order valence-corrected chi connectivity index (χ4v) is 3.24. The Kier molecular flexibility index (Phi) is 3.52. The third-order valence-corrected chi connectivity index (χ3v) is 4.74. The van der Waals surface area contributed by atoms with Gasteiger partial charge in [0.2, 0.25) is 0 Å². The normalized spacial score (nSPS) is 14.3. The molecule has 7 heteroatoms. The number of carbonyl (C=O) groups excluding carboxylic acids is 2. The van der Waals surface area contributed by atoms with Gasteiger partial charge < -0.3 is 0 Å². The van der Waals surface area contributed by atoms with E-state index in [1.54, 1.807) is 24.3 Å². The highest BCUT2D eigenvalue weighted by Gasteiger charge is 2.35. The van der Waals surface area contributed by atoms with Crippen LogP contribution < -0.4 is 0 Å². The van der Waals surface area contributed by atoms with Crippen molar-refractivity contribution >= 4 is 21.7 Å². The van der Waals surface area contributed by atoms with E-state index >= 15 is 0 Å². The van der Waals surface area contributed by atoms with E-state index in [2.05, 4.69) is 0 Å². The molecule has 0 bridgehead atoms. The zero-order valence-corrected chi connectivity index (χ0v) is 12.9. The zero-order valence-electron chi connectivity index (χ0n) is 12.1. The molecule has 0 fully saturated rings. The molecular formula is C16H12FNO4S. The summed E-state index contributed by atoms with van der Waals surface area (Å²) in [6, 6.07) is 10.00. The molecule has 0 saturated heterocycles. The van der Waals surface area contributed by atoms with Crippen molar-refractivity contribution in [2.45, 2.75) is 11.4 Å². The van der Waals surface area contributed by atoms with Crippen molar-refractivity contribution < 1.29 is 22.4 Å². The molecule has 23 heavy (non-hydrogen) atoms. The van der Waals surface area contributed by atoms with Crippen molar-refractivity contribution in [2.24, 2.45) is 0 Å². The van der Waals surface area contributed by atoms with Crippen molar-refractivity contribution in [3.05, 3.63) is 65.0 Å². The van der Waals surface area contributed by atoms with Crippen molar-refractivity contribution in [1.82, 2.24) is 4.90 Å². The van der Waals surface area contributed by atoms with E-state index in [4.69, 9.17) is 0 Å². The Morgan fingerprint density at radius 2 is 1.57 bits per heavy atom. The number of nitrogens with zero attached hydrogens (tertiary/aromatic N) is 1. The van der Waals surface area contributed by atoms with Gasteiger partial charge in [0.1, 0.15) is 10.7 Å². The number of amides is 2. The first-order valence-electron chi connectivity index (χ1n) is 6.73. The molecule has 5 nitrogen and oxygen atoms in total. The van der Waals surface area contributed by atoms with Gasteiger partial charge in [-0.15, -0.1) is 0 Å². The highest BCUT2D eigenvalue weighted by atomic mass is 32.2. The average Bonchev–Trinajstić information content (AvgIpc) is 2.72. The summed E-state index contributed by atoms with van der Waals surface area (Å²) in [6.45, 7) is -0.118. The molecule has 0 spiro atoms. The number of hydrogen-bond acceptors (Lipinski definition) is 4. The van der Waals surface area contributed by atoms with Gasteiger partial charge in [0.15, 0.2) is 9.84 Å². The Morgan fingerprint density at radius 3 is 2.04 bits per heavy atom. The Balaban J connectivity index is 1.91. The van der Waals surface area contributed by atoms with Gasteiger partial charge >= 0.3 is 0 Å². The third-order valence-electron chi connectivity index (χ3n) is 3.61. The van der Waals surface area contributed by atoms with Crippen molar-refractivity contribution in [1.29, 1.82) is 0 Å². The van der Waals surface area contributed by atoms with Crippen LogP contribution in [0.15, 0.2) is 47.4 Å². The summed E-state index contributed by atoms with van der Waals surface area (Å²) in [6.07, 6.45) is 0.912. The van der Waals surface area contributed by atoms with Crippen LogP contribution in [0.1, 0.15) is 26.3 Å². The van der Waals surface area contributed by atoms with Crippen LogP contribution in [0.5, 0.6) is 0 Å². The predicted molar refractivity (Wildman–Crippen MR) is 80.2 cm³/mol. The summed E-state index contributed by atoms with van der Waals surface area (Å²) in [5.74, 6) is -1.79. The van der Waals surface area contributed by atoms with Crippen molar-refractivity contribution in [2.75, 3.05) is 6.26 Å². The van der Waals surface area contributed by atoms with Gasteiger partial charge in [-0.25, -0.2) is 12.8 Å². The fraction of sp³-hybridized carbons (Fsp3) is 0.125. The summed E-state index contributed by atoms with van der Waals surface area (Å²) in [7, 11) is -3.67. The molecule has 0 radical (unpaired) electrons. The molecule has 0 aliphatic carbocycles. The van der Waals surface area contributed by atoms with E-state index in [0.29, 0.717) is 16.7 Å². The van der Waals surface area contributed by atoms with Crippen LogP contribution in [0, 0.1) is 5.82 Å². The minimum Gasteiger partial charge on any atom is -0.270 e. The van der Waals surface area contributed by atoms with Gasteiger partial charge in [-0.2, -0.15) is 0 Å². The quantitative estimate of drug-likeness (QED) is 0.806. The van der Waals surface area contributed by atoms with Gasteiger partial charge in [-0.1, -0.05) is 18.2 Å². The minimum absolute atomic E-state index is 0.118. The first-order valence-corrected chi connectivity index (χ1v) is 8.62. The summed E-state index contributed by atoms with van der Waals surface area (Å²) in [4.78, 5) is 25.1. The van der Waals surface area contributed by atoms with E-state index < -0.39 is 32.4 Å². The Morgan fingerprint density at radius 1 is 1.00 bits per heavy atom. The van der Waals surface area contributed by atoms with Crippen LogP contribution in [-0.2, 0) is 16.4 Å².